The third-order valence-electron chi connectivity index (χ3n) is 7.89. The van der Waals surface area contributed by atoms with E-state index in [-0.39, 0.29) is 18.4 Å². The first kappa shape index (κ1) is 25.9. The van der Waals surface area contributed by atoms with Crippen LogP contribution in [0.3, 0.4) is 0 Å². The predicted molar refractivity (Wildman–Crippen MR) is 149 cm³/mol. The summed E-state index contributed by atoms with van der Waals surface area (Å²) in [4.78, 5) is 14.5. The van der Waals surface area contributed by atoms with Crippen molar-refractivity contribution in [2.24, 2.45) is 7.05 Å². The maximum absolute atomic E-state index is 12.0. The summed E-state index contributed by atoms with van der Waals surface area (Å²) in [6.07, 6.45) is 1.08. The van der Waals surface area contributed by atoms with E-state index in [1.54, 1.807) is 4.68 Å². The third kappa shape index (κ3) is 5.03. The summed E-state index contributed by atoms with van der Waals surface area (Å²) in [5.74, 6) is -0.0839. The van der Waals surface area contributed by atoms with Crippen LogP contribution in [0.5, 0.6) is 5.75 Å². The first-order valence-electron chi connectivity index (χ1n) is 13.3. The Morgan fingerprint density at radius 1 is 1.13 bits per heavy atom. The number of benzene rings is 3. The van der Waals surface area contributed by atoms with Gasteiger partial charge in [0.15, 0.2) is 0 Å². The number of hydrogen-bond acceptors (Lipinski definition) is 5. The highest BCUT2D eigenvalue weighted by Gasteiger charge is 2.25. The molecule has 2 heterocycles. The maximum atomic E-state index is 12.0. The van der Waals surface area contributed by atoms with Crippen molar-refractivity contribution in [1.82, 2.24) is 19.9 Å². The Labute approximate surface area is 224 Å². The van der Waals surface area contributed by atoms with Gasteiger partial charge in [0.05, 0.1) is 11.9 Å². The number of aliphatic carboxylic acids is 1. The number of fused-ring (bicyclic) bond motifs is 2. The van der Waals surface area contributed by atoms with E-state index in [0.717, 1.165) is 59.5 Å². The molecule has 1 aliphatic rings. The minimum absolute atomic E-state index is 0.0111. The molecule has 7 heteroatoms. The van der Waals surface area contributed by atoms with Gasteiger partial charge in [0, 0.05) is 38.2 Å². The highest BCUT2D eigenvalue weighted by atomic mass is 16.5. The van der Waals surface area contributed by atoms with Gasteiger partial charge in [-0.3, -0.25) is 9.69 Å². The highest BCUT2D eigenvalue weighted by molar-refractivity contribution is 5.80. The van der Waals surface area contributed by atoms with E-state index in [1.165, 1.54) is 22.3 Å². The lowest BCUT2D eigenvalue weighted by molar-refractivity contribution is -0.137. The van der Waals surface area contributed by atoms with Crippen LogP contribution in [0.2, 0.25) is 0 Å². The van der Waals surface area contributed by atoms with Gasteiger partial charge >= 0.3 is 5.97 Å². The Bertz CT molecular complexity index is 1490. The van der Waals surface area contributed by atoms with Gasteiger partial charge in [0.2, 0.25) is 0 Å². The van der Waals surface area contributed by atoms with Crippen molar-refractivity contribution in [2.75, 3.05) is 6.54 Å². The minimum atomic E-state index is -0.821. The summed E-state index contributed by atoms with van der Waals surface area (Å²) in [7, 11) is 1.87. The molecule has 7 nitrogen and oxygen atoms in total. The second-order valence-electron chi connectivity index (χ2n) is 10.6. The largest absolute Gasteiger partial charge is 0.488 e. The quantitative estimate of drug-likeness (QED) is 0.344. The van der Waals surface area contributed by atoms with Crippen LogP contribution in [0.1, 0.15) is 64.6 Å². The van der Waals surface area contributed by atoms with E-state index in [4.69, 9.17) is 4.74 Å². The second kappa shape index (κ2) is 10.6. The molecule has 0 fully saturated rings. The number of carbonyl (C=O) groups is 1. The van der Waals surface area contributed by atoms with Gasteiger partial charge < -0.3 is 9.84 Å². The molecule has 4 aromatic rings. The van der Waals surface area contributed by atoms with Gasteiger partial charge in [-0.15, -0.1) is 5.10 Å². The number of hydrogen-bond donors (Lipinski definition) is 1. The molecule has 1 N–H and O–H groups in total. The van der Waals surface area contributed by atoms with Gasteiger partial charge in [-0.2, -0.15) is 0 Å². The molecule has 3 aromatic carbocycles. The lowest BCUT2D eigenvalue weighted by atomic mass is 9.84. The number of para-hydroxylation sites is 1. The summed E-state index contributed by atoms with van der Waals surface area (Å²) in [5, 5.41) is 18.3. The molecule has 0 bridgehead atoms. The van der Waals surface area contributed by atoms with Crippen molar-refractivity contribution in [3.8, 4) is 5.75 Å². The SMILES string of the molecule is CC[C@@H]1CN(Cc2cc(C(CC(=O)O)c3ccc4c(nnn4C)c3C)ccc2C)Cc2cccc(C)c2O1. The number of carboxylic acids is 1. The number of aromatic nitrogens is 3. The smallest absolute Gasteiger partial charge is 0.304 e. The van der Waals surface area contributed by atoms with Gasteiger partial charge in [-0.25, -0.2) is 4.68 Å². The molecule has 1 unspecified atom stereocenters. The van der Waals surface area contributed by atoms with Gasteiger partial charge in [0.1, 0.15) is 17.4 Å². The molecular weight excluding hydrogens is 476 g/mol. The fourth-order valence-electron chi connectivity index (χ4n) is 5.66. The molecule has 0 saturated heterocycles. The number of aryl methyl sites for hydroxylation is 4. The maximum Gasteiger partial charge on any atom is 0.304 e. The first-order chi connectivity index (χ1) is 18.2. The molecule has 38 heavy (non-hydrogen) atoms. The molecule has 1 aromatic heterocycles. The third-order valence-corrected chi connectivity index (χ3v) is 7.89. The minimum Gasteiger partial charge on any atom is -0.488 e. The Hall–Kier alpha value is -3.71. The van der Waals surface area contributed by atoms with Gasteiger partial charge in [-0.1, -0.05) is 54.6 Å². The average Bonchev–Trinajstić information content (AvgIpc) is 3.16. The lowest BCUT2D eigenvalue weighted by Crippen LogP contribution is -2.32. The highest BCUT2D eigenvalue weighted by Crippen LogP contribution is 2.35. The molecule has 0 aliphatic carbocycles. The van der Waals surface area contributed by atoms with Crippen LogP contribution < -0.4 is 4.74 Å². The van der Waals surface area contributed by atoms with Crippen molar-refractivity contribution in [1.29, 1.82) is 0 Å². The van der Waals surface area contributed by atoms with E-state index < -0.39 is 5.97 Å². The van der Waals surface area contributed by atoms with Gasteiger partial charge in [0.25, 0.3) is 0 Å². The average molecular weight is 513 g/mol. The first-order valence-corrected chi connectivity index (χ1v) is 13.3. The van der Waals surface area contributed by atoms with E-state index >= 15 is 0 Å². The topological polar surface area (TPSA) is 80.5 Å². The van der Waals surface area contributed by atoms with Crippen LogP contribution in [0.15, 0.2) is 48.5 Å². The standard InChI is InChI=1S/C31H36N4O3/c1-6-25-18-35(16-23-9-7-8-20(3)31(23)38-25)17-24-14-22(11-10-19(24)2)27(15-29(36)37)26-12-13-28-30(21(26)4)32-33-34(28)5/h7-14,25,27H,6,15-18H2,1-5H3,(H,36,37)/t25-,27?/m1/s1. The molecule has 0 amide bonds. The van der Waals surface area contributed by atoms with Crippen molar-refractivity contribution in [3.63, 3.8) is 0 Å². The molecule has 0 saturated carbocycles. The monoisotopic (exact) mass is 512 g/mol. The van der Waals surface area contributed by atoms with E-state index in [9.17, 15) is 9.90 Å². The molecule has 198 valence electrons. The summed E-state index contributed by atoms with van der Waals surface area (Å²) in [5.41, 5.74) is 9.52. The van der Waals surface area contributed by atoms with Crippen LogP contribution in [0, 0.1) is 20.8 Å². The van der Waals surface area contributed by atoms with Crippen molar-refractivity contribution < 1.29 is 14.6 Å². The molecule has 0 radical (unpaired) electrons. The Kier molecular flexibility index (Phi) is 7.21. The fraction of sp³-hybridized carbons (Fsp3) is 0.387. The predicted octanol–water partition coefficient (Wildman–Crippen LogP) is 5.67. The normalized spacial score (nSPS) is 16.6. The van der Waals surface area contributed by atoms with Crippen LogP contribution in [-0.2, 0) is 24.9 Å². The number of carboxylic acid groups (broad SMARTS) is 1. The van der Waals surface area contributed by atoms with Gasteiger partial charge in [-0.05, 0) is 66.6 Å². The Morgan fingerprint density at radius 3 is 2.71 bits per heavy atom. The fourth-order valence-corrected chi connectivity index (χ4v) is 5.66. The summed E-state index contributed by atoms with van der Waals surface area (Å²) >= 11 is 0. The van der Waals surface area contributed by atoms with E-state index in [2.05, 4.69) is 72.4 Å². The summed E-state index contributed by atoms with van der Waals surface area (Å²) in [6.45, 7) is 10.9. The number of ether oxygens (including phenoxy) is 1. The summed E-state index contributed by atoms with van der Waals surface area (Å²) in [6, 6.07) is 16.8. The lowest BCUT2D eigenvalue weighted by Gasteiger charge is -2.25. The summed E-state index contributed by atoms with van der Waals surface area (Å²) < 4.78 is 8.18. The van der Waals surface area contributed by atoms with Crippen molar-refractivity contribution in [3.05, 3.63) is 87.5 Å². The zero-order chi connectivity index (χ0) is 27.0. The second-order valence-corrected chi connectivity index (χ2v) is 10.6. The van der Waals surface area contributed by atoms with E-state index in [0.29, 0.717) is 0 Å². The zero-order valence-electron chi connectivity index (χ0n) is 22.9. The van der Waals surface area contributed by atoms with Crippen LogP contribution in [0.25, 0.3) is 11.0 Å². The molecule has 2 atom stereocenters. The molecule has 0 spiro atoms. The molecule has 5 rings (SSSR count). The van der Waals surface area contributed by atoms with Crippen LogP contribution in [-0.4, -0.2) is 43.6 Å². The molecular formula is C31H36N4O3. The van der Waals surface area contributed by atoms with Crippen molar-refractivity contribution in [2.45, 2.75) is 65.6 Å². The number of nitrogens with zero attached hydrogens (tertiary/aromatic N) is 4. The van der Waals surface area contributed by atoms with Crippen LogP contribution in [0.4, 0.5) is 0 Å². The van der Waals surface area contributed by atoms with Crippen LogP contribution >= 0.6 is 0 Å². The Morgan fingerprint density at radius 2 is 1.95 bits per heavy atom. The zero-order valence-corrected chi connectivity index (χ0v) is 22.9. The van der Waals surface area contributed by atoms with E-state index in [1.807, 2.05) is 26.1 Å². The number of rotatable bonds is 7. The Balaban J connectivity index is 1.50. The van der Waals surface area contributed by atoms with Crippen molar-refractivity contribution >= 4 is 17.0 Å². The molecule has 1 aliphatic heterocycles.